The maximum Gasteiger partial charge on any atom is 0.242 e. The van der Waals surface area contributed by atoms with Crippen LogP contribution >= 0.6 is 0 Å². The van der Waals surface area contributed by atoms with Crippen LogP contribution in [-0.4, -0.2) is 78.2 Å². The van der Waals surface area contributed by atoms with Crippen LogP contribution in [-0.2, 0) is 4.79 Å². The van der Waals surface area contributed by atoms with E-state index < -0.39 is 0 Å². The number of piperazine rings is 1. The van der Waals surface area contributed by atoms with Gasteiger partial charge in [0.25, 0.3) is 0 Å². The van der Waals surface area contributed by atoms with E-state index in [1.165, 1.54) is 6.20 Å². The Hall–Kier alpha value is -2.17. The van der Waals surface area contributed by atoms with Crippen LogP contribution in [0.3, 0.4) is 0 Å². The molecule has 1 N–H and O–H groups in total. The highest BCUT2D eigenvalue weighted by Crippen LogP contribution is 2.10. The van der Waals surface area contributed by atoms with Crippen LogP contribution in [0.5, 0.6) is 0 Å². The SMILES string of the molecule is CCC(O)CN1CCN(C(=O)CN(C)c2ccc(C#N)cn2)CC1. The molecule has 1 fully saturated rings. The second-order valence-corrected chi connectivity index (χ2v) is 6.12. The molecule has 0 spiro atoms. The Labute approximate surface area is 143 Å². The second-order valence-electron chi connectivity index (χ2n) is 6.12. The van der Waals surface area contributed by atoms with Gasteiger partial charge in [-0.25, -0.2) is 4.98 Å². The summed E-state index contributed by atoms with van der Waals surface area (Å²) in [4.78, 5) is 22.5. The van der Waals surface area contributed by atoms with E-state index in [2.05, 4.69) is 9.88 Å². The lowest BCUT2D eigenvalue weighted by Crippen LogP contribution is -2.52. The molecule has 1 amide bonds. The molecule has 2 rings (SSSR count). The van der Waals surface area contributed by atoms with E-state index in [9.17, 15) is 9.90 Å². The van der Waals surface area contributed by atoms with Gasteiger partial charge in [-0.3, -0.25) is 9.69 Å². The van der Waals surface area contributed by atoms with E-state index in [0.717, 1.165) is 19.5 Å². The van der Waals surface area contributed by atoms with E-state index >= 15 is 0 Å². The van der Waals surface area contributed by atoms with Crippen LogP contribution in [0.25, 0.3) is 0 Å². The number of nitrogens with zero attached hydrogens (tertiary/aromatic N) is 5. The molecule has 1 saturated heterocycles. The number of likely N-dealkylation sites (N-methyl/N-ethyl adjacent to an activating group) is 1. The van der Waals surface area contributed by atoms with Gasteiger partial charge in [-0.05, 0) is 18.6 Å². The number of pyridine rings is 1. The van der Waals surface area contributed by atoms with Crippen molar-refractivity contribution in [2.75, 3.05) is 51.2 Å². The van der Waals surface area contributed by atoms with Crippen LogP contribution < -0.4 is 4.90 Å². The van der Waals surface area contributed by atoms with Crippen LogP contribution in [0.15, 0.2) is 18.3 Å². The Morgan fingerprint density at radius 3 is 2.67 bits per heavy atom. The predicted molar refractivity (Wildman–Crippen MR) is 91.5 cm³/mol. The number of rotatable bonds is 6. The molecule has 0 radical (unpaired) electrons. The molecule has 0 aromatic carbocycles. The summed E-state index contributed by atoms with van der Waals surface area (Å²) in [5.74, 6) is 0.742. The maximum atomic E-state index is 12.4. The largest absolute Gasteiger partial charge is 0.392 e. The number of anilines is 1. The molecule has 0 saturated carbocycles. The fourth-order valence-electron chi connectivity index (χ4n) is 2.67. The summed E-state index contributed by atoms with van der Waals surface area (Å²) in [6, 6.07) is 5.47. The number of aromatic nitrogens is 1. The zero-order valence-electron chi connectivity index (χ0n) is 14.4. The Morgan fingerprint density at radius 2 is 2.12 bits per heavy atom. The van der Waals surface area contributed by atoms with Gasteiger partial charge in [-0.15, -0.1) is 0 Å². The number of nitriles is 1. The van der Waals surface area contributed by atoms with E-state index in [1.54, 1.807) is 17.0 Å². The first-order chi connectivity index (χ1) is 11.5. The third-order valence-corrected chi connectivity index (χ3v) is 4.31. The molecule has 2 heterocycles. The highest BCUT2D eigenvalue weighted by atomic mass is 16.3. The standard InChI is InChI=1S/C17H25N5O2/c1-3-15(23)12-21-6-8-22(9-7-21)17(24)13-20(2)16-5-4-14(10-18)11-19-16/h4-5,11,15,23H,3,6-9,12-13H2,1-2H3. The zero-order valence-corrected chi connectivity index (χ0v) is 14.4. The first-order valence-electron chi connectivity index (χ1n) is 8.29. The number of hydrogen-bond acceptors (Lipinski definition) is 6. The molecule has 7 heteroatoms. The van der Waals surface area contributed by atoms with Crippen molar-refractivity contribution in [1.82, 2.24) is 14.8 Å². The van der Waals surface area contributed by atoms with E-state index in [4.69, 9.17) is 5.26 Å². The summed E-state index contributed by atoms with van der Waals surface area (Å²) < 4.78 is 0. The molecule has 1 aliphatic rings. The number of carbonyl (C=O) groups excluding carboxylic acids is 1. The molecule has 1 aliphatic heterocycles. The summed E-state index contributed by atoms with van der Waals surface area (Å²) in [5, 5.41) is 18.5. The smallest absolute Gasteiger partial charge is 0.242 e. The Bertz CT molecular complexity index is 576. The van der Waals surface area contributed by atoms with Crippen molar-refractivity contribution in [3.05, 3.63) is 23.9 Å². The minimum absolute atomic E-state index is 0.0688. The molecule has 1 unspecified atom stereocenters. The molecule has 24 heavy (non-hydrogen) atoms. The van der Waals surface area contributed by atoms with Gasteiger partial charge in [0, 0.05) is 46.0 Å². The summed E-state index contributed by atoms with van der Waals surface area (Å²) >= 11 is 0. The molecule has 0 aliphatic carbocycles. The lowest BCUT2D eigenvalue weighted by Gasteiger charge is -2.36. The van der Waals surface area contributed by atoms with Crippen LogP contribution in [0.4, 0.5) is 5.82 Å². The van der Waals surface area contributed by atoms with Crippen molar-refractivity contribution in [3.63, 3.8) is 0 Å². The zero-order chi connectivity index (χ0) is 17.5. The minimum Gasteiger partial charge on any atom is -0.392 e. The Kier molecular flexibility index (Phi) is 6.53. The van der Waals surface area contributed by atoms with Crippen molar-refractivity contribution in [1.29, 1.82) is 5.26 Å². The van der Waals surface area contributed by atoms with Gasteiger partial charge in [0.2, 0.25) is 5.91 Å². The fourth-order valence-corrected chi connectivity index (χ4v) is 2.67. The molecule has 130 valence electrons. The summed E-state index contributed by atoms with van der Waals surface area (Å²) in [6.07, 6.45) is 1.97. The fraction of sp³-hybridized carbons (Fsp3) is 0.588. The van der Waals surface area contributed by atoms with Crippen LogP contribution in [0, 0.1) is 11.3 Å². The first kappa shape index (κ1) is 18.2. The van der Waals surface area contributed by atoms with Gasteiger partial charge in [0.05, 0.1) is 18.2 Å². The van der Waals surface area contributed by atoms with E-state index in [1.807, 2.05) is 24.9 Å². The number of β-amino-alcohol motifs (C(OH)–C–C–N with tert-alkyl or cyclic N) is 1. The van der Waals surface area contributed by atoms with Crippen molar-refractivity contribution < 1.29 is 9.90 Å². The summed E-state index contributed by atoms with van der Waals surface area (Å²) in [5.41, 5.74) is 0.504. The van der Waals surface area contributed by atoms with Crippen molar-refractivity contribution in [2.24, 2.45) is 0 Å². The lowest BCUT2D eigenvalue weighted by atomic mass is 10.2. The average Bonchev–Trinajstić information content (AvgIpc) is 2.62. The highest BCUT2D eigenvalue weighted by molar-refractivity contribution is 5.81. The molecule has 1 aromatic rings. The number of aliphatic hydroxyl groups is 1. The molecule has 1 atom stereocenters. The van der Waals surface area contributed by atoms with Crippen LogP contribution in [0.1, 0.15) is 18.9 Å². The molecule has 1 aromatic heterocycles. The number of amides is 1. The van der Waals surface area contributed by atoms with Crippen molar-refractivity contribution in [2.45, 2.75) is 19.4 Å². The molecule has 0 bridgehead atoms. The van der Waals surface area contributed by atoms with E-state index in [0.29, 0.717) is 31.0 Å². The van der Waals surface area contributed by atoms with Crippen LogP contribution in [0.2, 0.25) is 0 Å². The van der Waals surface area contributed by atoms with Crippen molar-refractivity contribution in [3.8, 4) is 6.07 Å². The maximum absolute atomic E-state index is 12.4. The summed E-state index contributed by atoms with van der Waals surface area (Å²) in [7, 11) is 1.82. The lowest BCUT2D eigenvalue weighted by molar-refractivity contribution is -0.131. The van der Waals surface area contributed by atoms with Gasteiger partial charge >= 0.3 is 0 Å². The average molecular weight is 331 g/mol. The van der Waals surface area contributed by atoms with Gasteiger partial charge in [-0.2, -0.15) is 5.26 Å². The topological polar surface area (TPSA) is 83.7 Å². The minimum atomic E-state index is -0.291. The predicted octanol–water partition coefficient (Wildman–Crippen LogP) is 0.305. The Balaban J connectivity index is 1.81. The van der Waals surface area contributed by atoms with E-state index in [-0.39, 0.29) is 18.6 Å². The third-order valence-electron chi connectivity index (χ3n) is 4.31. The summed E-state index contributed by atoms with van der Waals surface area (Å²) in [6.45, 7) is 5.86. The normalized spacial score (nSPS) is 16.5. The molecular weight excluding hydrogens is 306 g/mol. The number of aliphatic hydroxyl groups excluding tert-OH is 1. The van der Waals surface area contributed by atoms with Gasteiger partial charge < -0.3 is 14.9 Å². The molecule has 7 nitrogen and oxygen atoms in total. The third kappa shape index (κ3) is 4.91. The van der Waals surface area contributed by atoms with Crippen molar-refractivity contribution >= 4 is 11.7 Å². The van der Waals surface area contributed by atoms with Gasteiger partial charge in [0.15, 0.2) is 0 Å². The highest BCUT2D eigenvalue weighted by Gasteiger charge is 2.23. The second kappa shape index (κ2) is 8.62. The molecular formula is C17H25N5O2. The quantitative estimate of drug-likeness (QED) is 0.807. The van der Waals surface area contributed by atoms with Gasteiger partial charge in [-0.1, -0.05) is 6.92 Å². The number of carbonyl (C=O) groups is 1. The Morgan fingerprint density at radius 1 is 1.42 bits per heavy atom. The number of hydrogen-bond donors (Lipinski definition) is 1. The first-order valence-corrected chi connectivity index (χ1v) is 8.29. The van der Waals surface area contributed by atoms with Gasteiger partial charge in [0.1, 0.15) is 11.9 Å². The monoisotopic (exact) mass is 331 g/mol.